The van der Waals surface area contributed by atoms with Crippen molar-refractivity contribution in [1.29, 1.82) is 0 Å². The Morgan fingerprint density at radius 3 is 1.87 bits per heavy atom. The molecule has 0 heterocycles. The minimum Gasteiger partial charge on any atom is -0.0654 e. The Morgan fingerprint density at radius 1 is 0.742 bits per heavy atom. The van der Waals surface area contributed by atoms with Crippen LogP contribution in [0.4, 0.5) is 0 Å². The fraction of sp³-hybridized carbons (Fsp3) is 0.548. The Hall–Kier alpha value is -2.00. The second kappa shape index (κ2) is 12.8. The van der Waals surface area contributed by atoms with Gasteiger partial charge in [-0.15, -0.1) is 0 Å². The second-order valence-corrected chi connectivity index (χ2v) is 9.85. The van der Waals surface area contributed by atoms with Crippen molar-refractivity contribution in [3.63, 3.8) is 0 Å². The highest BCUT2D eigenvalue weighted by Gasteiger charge is 2.25. The molecule has 0 N–H and O–H groups in total. The zero-order valence-electron chi connectivity index (χ0n) is 20.1. The molecule has 31 heavy (non-hydrogen) atoms. The Morgan fingerprint density at radius 2 is 1.32 bits per heavy atom. The first-order chi connectivity index (χ1) is 15.2. The number of rotatable bonds is 9. The first-order valence-corrected chi connectivity index (χ1v) is 12.9. The van der Waals surface area contributed by atoms with Crippen molar-refractivity contribution < 1.29 is 0 Å². The molecule has 0 spiro atoms. The molecule has 0 aromatic heterocycles. The van der Waals surface area contributed by atoms with E-state index in [9.17, 15) is 0 Å². The number of hydrogen-bond acceptors (Lipinski definition) is 0. The van der Waals surface area contributed by atoms with Crippen molar-refractivity contribution in [3.8, 4) is 11.8 Å². The molecule has 0 nitrogen and oxygen atoms in total. The topological polar surface area (TPSA) is 0 Å². The summed E-state index contributed by atoms with van der Waals surface area (Å²) in [6.45, 7) is 7.00. The fourth-order valence-electron chi connectivity index (χ4n) is 5.18. The molecule has 1 saturated carbocycles. The van der Waals surface area contributed by atoms with E-state index in [4.69, 9.17) is 0 Å². The average molecular weight is 415 g/mol. The van der Waals surface area contributed by atoms with Crippen LogP contribution >= 0.6 is 0 Å². The largest absolute Gasteiger partial charge is 0.0654 e. The van der Waals surface area contributed by atoms with Crippen LogP contribution in [0.3, 0.4) is 0 Å². The van der Waals surface area contributed by atoms with E-state index in [1.165, 1.54) is 75.3 Å². The Labute approximate surface area is 191 Å². The standard InChI is InChI=1S/C31H42/c1-4-6-7-9-27-20-22-31(23-21-27)25(3)24-30-18-16-29(17-19-30)15-14-28-12-10-26(8-5-2)11-13-28/h10-13,16-19,25,27,31H,4-9,20-24H2,1-3H3. The minimum absolute atomic E-state index is 0.787. The van der Waals surface area contributed by atoms with Crippen molar-refractivity contribution in [2.24, 2.45) is 17.8 Å². The molecule has 1 atom stereocenters. The van der Waals surface area contributed by atoms with Gasteiger partial charge in [-0.3, -0.25) is 0 Å². The molecule has 0 bridgehead atoms. The predicted octanol–water partition coefficient (Wildman–Crippen LogP) is 8.60. The van der Waals surface area contributed by atoms with Crippen LogP contribution in [0, 0.1) is 29.6 Å². The van der Waals surface area contributed by atoms with Gasteiger partial charge < -0.3 is 0 Å². The van der Waals surface area contributed by atoms with Gasteiger partial charge in [0.15, 0.2) is 0 Å². The van der Waals surface area contributed by atoms with Crippen LogP contribution in [0.2, 0.25) is 0 Å². The molecule has 1 unspecified atom stereocenters. The molecule has 0 saturated heterocycles. The lowest BCUT2D eigenvalue weighted by molar-refractivity contribution is 0.204. The maximum absolute atomic E-state index is 3.33. The van der Waals surface area contributed by atoms with Gasteiger partial charge in [-0.25, -0.2) is 0 Å². The van der Waals surface area contributed by atoms with Gasteiger partial charge >= 0.3 is 0 Å². The van der Waals surface area contributed by atoms with Crippen LogP contribution < -0.4 is 0 Å². The van der Waals surface area contributed by atoms with E-state index < -0.39 is 0 Å². The zero-order valence-corrected chi connectivity index (χ0v) is 20.1. The van der Waals surface area contributed by atoms with Gasteiger partial charge in [-0.05, 0) is 78.8 Å². The first-order valence-electron chi connectivity index (χ1n) is 12.9. The van der Waals surface area contributed by atoms with Gasteiger partial charge in [0.05, 0.1) is 0 Å². The summed E-state index contributed by atoms with van der Waals surface area (Å²) in [5.74, 6) is 9.36. The molecular formula is C31H42. The summed E-state index contributed by atoms with van der Waals surface area (Å²) in [5.41, 5.74) is 5.08. The average Bonchev–Trinajstić information content (AvgIpc) is 2.80. The third-order valence-corrected chi connectivity index (χ3v) is 7.27. The second-order valence-electron chi connectivity index (χ2n) is 9.85. The van der Waals surface area contributed by atoms with E-state index in [1.54, 1.807) is 0 Å². The summed E-state index contributed by atoms with van der Waals surface area (Å²) in [6.07, 6.45) is 15.0. The number of benzene rings is 2. The summed E-state index contributed by atoms with van der Waals surface area (Å²) in [7, 11) is 0. The molecule has 0 heteroatoms. The van der Waals surface area contributed by atoms with E-state index in [1.807, 2.05) is 0 Å². The molecule has 2 aromatic rings. The molecule has 0 radical (unpaired) electrons. The van der Waals surface area contributed by atoms with Gasteiger partial charge in [0.2, 0.25) is 0 Å². The molecule has 0 amide bonds. The van der Waals surface area contributed by atoms with E-state index in [-0.39, 0.29) is 0 Å². The first kappa shape index (κ1) is 23.7. The number of unbranched alkanes of at least 4 members (excludes halogenated alkanes) is 2. The molecule has 1 fully saturated rings. The van der Waals surface area contributed by atoms with Crippen LogP contribution in [-0.2, 0) is 12.8 Å². The maximum atomic E-state index is 3.33. The molecule has 1 aliphatic carbocycles. The van der Waals surface area contributed by atoms with Crippen molar-refractivity contribution in [3.05, 3.63) is 70.8 Å². The number of aryl methyl sites for hydroxylation is 1. The number of hydrogen-bond donors (Lipinski definition) is 0. The lowest BCUT2D eigenvalue weighted by atomic mass is 9.73. The van der Waals surface area contributed by atoms with Crippen molar-refractivity contribution in [2.45, 2.75) is 91.4 Å². The Kier molecular flexibility index (Phi) is 9.74. The van der Waals surface area contributed by atoms with Gasteiger partial charge in [0, 0.05) is 11.1 Å². The molecule has 1 aliphatic rings. The minimum atomic E-state index is 0.787. The Balaban J connectivity index is 1.46. The quantitative estimate of drug-likeness (QED) is 0.284. The van der Waals surface area contributed by atoms with Crippen LogP contribution in [0.1, 0.15) is 101 Å². The molecular weight excluding hydrogens is 372 g/mol. The van der Waals surface area contributed by atoms with Crippen molar-refractivity contribution >= 4 is 0 Å². The molecule has 2 aromatic carbocycles. The third-order valence-electron chi connectivity index (χ3n) is 7.27. The summed E-state index contributed by atoms with van der Waals surface area (Å²) in [4.78, 5) is 0. The van der Waals surface area contributed by atoms with Crippen LogP contribution in [0.25, 0.3) is 0 Å². The zero-order chi connectivity index (χ0) is 21.9. The molecule has 3 rings (SSSR count). The lowest BCUT2D eigenvalue weighted by Gasteiger charge is -2.32. The van der Waals surface area contributed by atoms with E-state index in [2.05, 4.69) is 81.1 Å². The normalized spacial score (nSPS) is 19.5. The van der Waals surface area contributed by atoms with Crippen molar-refractivity contribution in [1.82, 2.24) is 0 Å². The van der Waals surface area contributed by atoms with Crippen LogP contribution in [-0.4, -0.2) is 0 Å². The summed E-state index contributed by atoms with van der Waals surface area (Å²) >= 11 is 0. The summed E-state index contributed by atoms with van der Waals surface area (Å²) in [5, 5.41) is 0. The van der Waals surface area contributed by atoms with Crippen molar-refractivity contribution in [2.75, 3.05) is 0 Å². The summed E-state index contributed by atoms with van der Waals surface area (Å²) in [6, 6.07) is 17.7. The van der Waals surface area contributed by atoms with E-state index >= 15 is 0 Å². The highest BCUT2D eigenvalue weighted by Crippen LogP contribution is 2.36. The maximum Gasteiger partial charge on any atom is 0.0249 e. The monoisotopic (exact) mass is 414 g/mol. The van der Waals surface area contributed by atoms with E-state index in [0.29, 0.717) is 0 Å². The van der Waals surface area contributed by atoms with Crippen LogP contribution in [0.15, 0.2) is 48.5 Å². The SMILES string of the molecule is CCCCCC1CCC(C(C)Cc2ccc(C#Cc3ccc(CCC)cc3)cc2)CC1. The van der Waals surface area contributed by atoms with E-state index in [0.717, 1.165) is 35.3 Å². The highest BCUT2D eigenvalue weighted by atomic mass is 14.3. The van der Waals surface area contributed by atoms with Gasteiger partial charge in [0.1, 0.15) is 0 Å². The molecule has 0 aliphatic heterocycles. The Bertz CT molecular complexity index is 807. The lowest BCUT2D eigenvalue weighted by Crippen LogP contribution is -2.21. The van der Waals surface area contributed by atoms with Crippen LogP contribution in [0.5, 0.6) is 0 Å². The smallest absolute Gasteiger partial charge is 0.0249 e. The van der Waals surface area contributed by atoms with Gasteiger partial charge in [-0.2, -0.15) is 0 Å². The molecule has 166 valence electrons. The van der Waals surface area contributed by atoms with Gasteiger partial charge in [-0.1, -0.05) is 102 Å². The van der Waals surface area contributed by atoms with Gasteiger partial charge in [0.25, 0.3) is 0 Å². The predicted molar refractivity (Wildman–Crippen MR) is 135 cm³/mol. The fourth-order valence-corrected chi connectivity index (χ4v) is 5.18. The third kappa shape index (κ3) is 7.88. The summed E-state index contributed by atoms with van der Waals surface area (Å²) < 4.78 is 0. The highest BCUT2D eigenvalue weighted by molar-refractivity contribution is 5.44.